The lowest BCUT2D eigenvalue weighted by Crippen LogP contribution is -2.33. The fourth-order valence-electron chi connectivity index (χ4n) is 4.43. The second-order valence-electron chi connectivity index (χ2n) is 7.40. The summed E-state index contributed by atoms with van der Waals surface area (Å²) in [7, 11) is 1.45. The summed E-state index contributed by atoms with van der Waals surface area (Å²) in [5, 5.41) is 1.17. The number of benzene rings is 1. The second-order valence-corrected chi connectivity index (χ2v) is 7.40. The molecule has 0 fully saturated rings. The van der Waals surface area contributed by atoms with Crippen LogP contribution in [0.3, 0.4) is 0 Å². The number of ether oxygens (including phenoxy) is 1. The molecule has 2 atom stereocenters. The Hall–Kier alpha value is -2.56. The van der Waals surface area contributed by atoms with Gasteiger partial charge in [-0.2, -0.15) is 0 Å². The van der Waals surface area contributed by atoms with Gasteiger partial charge in [-0.1, -0.05) is 18.2 Å². The quantitative estimate of drug-likeness (QED) is 0.844. The lowest BCUT2D eigenvalue weighted by Gasteiger charge is -2.32. The predicted octanol–water partition coefficient (Wildman–Crippen LogP) is 3.17. The molecule has 2 aromatic rings. The number of aromatic amines is 1. The van der Waals surface area contributed by atoms with Crippen molar-refractivity contribution in [2.45, 2.75) is 32.1 Å². The van der Waals surface area contributed by atoms with Crippen molar-refractivity contribution in [3.8, 4) is 0 Å². The first-order valence-electron chi connectivity index (χ1n) is 9.19. The lowest BCUT2D eigenvalue weighted by atomic mass is 9.84. The molecule has 1 aromatic heterocycles. The molecule has 1 N–H and O–H groups in total. The molecule has 2 aliphatic heterocycles. The van der Waals surface area contributed by atoms with Crippen molar-refractivity contribution < 1.29 is 14.3 Å². The molecule has 2 unspecified atom stereocenters. The highest BCUT2D eigenvalue weighted by Crippen LogP contribution is 2.37. The van der Waals surface area contributed by atoms with E-state index in [2.05, 4.69) is 22.0 Å². The second kappa shape index (κ2) is 6.63. The Labute approximate surface area is 153 Å². The first kappa shape index (κ1) is 16.9. The largest absolute Gasteiger partial charge is 0.469 e. The van der Waals surface area contributed by atoms with Crippen molar-refractivity contribution >= 4 is 22.7 Å². The molecule has 2 bridgehead atoms. The number of rotatable bonds is 2. The Kier molecular flexibility index (Phi) is 4.31. The van der Waals surface area contributed by atoms with Crippen LogP contribution in [0.15, 0.2) is 36.0 Å². The topological polar surface area (TPSA) is 62.4 Å². The number of allylic oxidation sites excluding steroid dienone is 1. The zero-order valence-electron chi connectivity index (χ0n) is 15.2. The van der Waals surface area contributed by atoms with Crippen molar-refractivity contribution in [1.29, 1.82) is 0 Å². The predicted molar refractivity (Wildman–Crippen MR) is 99.8 cm³/mol. The maximum absolute atomic E-state index is 12.6. The third-order valence-electron chi connectivity index (χ3n) is 5.69. The van der Waals surface area contributed by atoms with Gasteiger partial charge in [-0.05, 0) is 43.7 Å². The number of nitrogens with one attached hydrogen (secondary N) is 1. The number of carbonyl (C=O) groups excluding carboxylic acids is 2. The zero-order chi connectivity index (χ0) is 18.3. The summed E-state index contributed by atoms with van der Waals surface area (Å²) < 4.78 is 5.14. The summed E-state index contributed by atoms with van der Waals surface area (Å²) in [5.74, 6) is -0.137. The van der Waals surface area contributed by atoms with Crippen molar-refractivity contribution in [2.24, 2.45) is 5.92 Å². The van der Waals surface area contributed by atoms with Gasteiger partial charge in [0.25, 0.3) is 0 Å². The molecule has 136 valence electrons. The van der Waals surface area contributed by atoms with E-state index >= 15 is 0 Å². The van der Waals surface area contributed by atoms with Crippen LogP contribution in [-0.2, 0) is 20.7 Å². The number of fused-ring (bicyclic) bond motifs is 5. The third kappa shape index (κ3) is 2.91. The smallest absolute Gasteiger partial charge is 0.314 e. The molecular formula is C21H24N2O3. The number of esters is 1. The Morgan fingerprint density at radius 1 is 1.27 bits per heavy atom. The van der Waals surface area contributed by atoms with Gasteiger partial charge < -0.3 is 14.6 Å². The van der Waals surface area contributed by atoms with Crippen LogP contribution in [0.1, 0.15) is 36.9 Å². The van der Waals surface area contributed by atoms with Crippen molar-refractivity contribution in [2.75, 3.05) is 20.2 Å². The number of carbonyl (C=O) groups is 2. The van der Waals surface area contributed by atoms with Gasteiger partial charge >= 0.3 is 5.97 Å². The molecular weight excluding hydrogens is 328 g/mol. The van der Waals surface area contributed by atoms with E-state index in [4.69, 9.17) is 4.74 Å². The standard InChI is InChI=1S/C21H24N2O3/c1-13(24)15-9-14-10-18(21(25)26-2)20-17(7-8-23(11-14)12-15)16-5-3-4-6-19(16)22-20/h3-6,12,14,18,22H,7-11H2,1-2H3. The number of nitrogens with zero attached hydrogens (tertiary/aromatic N) is 1. The van der Waals surface area contributed by atoms with E-state index in [1.165, 1.54) is 18.1 Å². The molecule has 0 aliphatic carbocycles. The summed E-state index contributed by atoms with van der Waals surface area (Å²) in [6.45, 7) is 3.35. The van der Waals surface area contributed by atoms with E-state index in [0.29, 0.717) is 6.42 Å². The van der Waals surface area contributed by atoms with Gasteiger partial charge in [0.15, 0.2) is 5.78 Å². The first-order chi connectivity index (χ1) is 12.6. The van der Waals surface area contributed by atoms with Gasteiger partial charge in [0.05, 0.1) is 13.0 Å². The molecule has 5 heteroatoms. The average Bonchev–Trinajstić information content (AvgIpc) is 3.02. The van der Waals surface area contributed by atoms with Gasteiger partial charge in [-0.15, -0.1) is 0 Å². The molecule has 0 amide bonds. The van der Waals surface area contributed by atoms with E-state index < -0.39 is 0 Å². The van der Waals surface area contributed by atoms with Gasteiger partial charge in [-0.25, -0.2) is 0 Å². The highest BCUT2D eigenvalue weighted by atomic mass is 16.5. The number of para-hydroxylation sites is 1. The van der Waals surface area contributed by atoms with E-state index in [1.807, 2.05) is 18.3 Å². The molecule has 0 spiro atoms. The van der Waals surface area contributed by atoms with Crippen LogP contribution in [0.2, 0.25) is 0 Å². The summed E-state index contributed by atoms with van der Waals surface area (Å²) in [6.07, 6.45) is 4.27. The van der Waals surface area contributed by atoms with Gasteiger partial charge in [0, 0.05) is 41.5 Å². The number of hydrogen-bond donors (Lipinski definition) is 1. The van der Waals surface area contributed by atoms with Gasteiger partial charge in [0.2, 0.25) is 0 Å². The fourth-order valence-corrected chi connectivity index (χ4v) is 4.43. The molecule has 26 heavy (non-hydrogen) atoms. The first-order valence-corrected chi connectivity index (χ1v) is 9.19. The molecule has 2 aliphatic rings. The molecule has 1 aromatic carbocycles. The van der Waals surface area contributed by atoms with Crippen LogP contribution in [0.25, 0.3) is 10.9 Å². The Balaban J connectivity index is 1.81. The maximum atomic E-state index is 12.6. The van der Waals surface area contributed by atoms with Gasteiger partial charge in [0.1, 0.15) is 0 Å². The van der Waals surface area contributed by atoms with E-state index in [9.17, 15) is 9.59 Å². The van der Waals surface area contributed by atoms with Crippen molar-refractivity contribution in [3.05, 3.63) is 47.3 Å². The van der Waals surface area contributed by atoms with Crippen molar-refractivity contribution in [1.82, 2.24) is 9.88 Å². The highest BCUT2D eigenvalue weighted by Gasteiger charge is 2.34. The van der Waals surface area contributed by atoms with Crippen molar-refractivity contribution in [3.63, 3.8) is 0 Å². The summed E-state index contributed by atoms with van der Waals surface area (Å²) in [5.41, 5.74) is 4.10. The molecule has 0 saturated heterocycles. The number of methoxy groups -OCH3 is 1. The minimum atomic E-state index is -0.321. The number of ketones is 1. The summed E-state index contributed by atoms with van der Waals surface area (Å²) >= 11 is 0. The number of hydrogen-bond acceptors (Lipinski definition) is 4. The van der Waals surface area contributed by atoms with Crippen LogP contribution >= 0.6 is 0 Å². The average molecular weight is 352 g/mol. The summed E-state index contributed by atoms with van der Waals surface area (Å²) in [4.78, 5) is 30.3. The fraction of sp³-hybridized carbons (Fsp3) is 0.429. The zero-order valence-corrected chi connectivity index (χ0v) is 15.2. The van der Waals surface area contributed by atoms with E-state index in [-0.39, 0.29) is 23.6 Å². The Morgan fingerprint density at radius 3 is 2.85 bits per heavy atom. The molecule has 0 saturated carbocycles. The maximum Gasteiger partial charge on any atom is 0.314 e. The van der Waals surface area contributed by atoms with Crippen LogP contribution in [0.4, 0.5) is 0 Å². The minimum absolute atomic E-state index is 0.123. The SMILES string of the molecule is COC(=O)C1CC2CC(C(C)=O)=CN(CCc3c1[nH]c1ccccc31)C2. The minimum Gasteiger partial charge on any atom is -0.469 e. The lowest BCUT2D eigenvalue weighted by molar-refractivity contribution is -0.143. The molecule has 5 nitrogen and oxygen atoms in total. The van der Waals surface area contributed by atoms with E-state index in [1.54, 1.807) is 6.92 Å². The Bertz CT molecular complexity index is 896. The summed E-state index contributed by atoms with van der Waals surface area (Å²) in [6, 6.07) is 8.20. The monoisotopic (exact) mass is 352 g/mol. The van der Waals surface area contributed by atoms with Crippen LogP contribution in [0, 0.1) is 5.92 Å². The molecule has 4 rings (SSSR count). The Morgan fingerprint density at radius 2 is 2.08 bits per heavy atom. The highest BCUT2D eigenvalue weighted by molar-refractivity contribution is 5.93. The van der Waals surface area contributed by atoms with Crippen LogP contribution in [0.5, 0.6) is 0 Å². The van der Waals surface area contributed by atoms with Gasteiger partial charge in [-0.3, -0.25) is 9.59 Å². The molecule has 0 radical (unpaired) electrons. The number of aromatic nitrogens is 1. The third-order valence-corrected chi connectivity index (χ3v) is 5.69. The number of Topliss-reactive ketones (excluding diaryl/α,β-unsaturated/α-hetero) is 1. The van der Waals surface area contributed by atoms with E-state index in [0.717, 1.165) is 42.7 Å². The number of H-pyrrole nitrogens is 1. The normalized spacial score (nSPS) is 22.7. The van der Waals surface area contributed by atoms with Crippen LogP contribution < -0.4 is 0 Å². The molecule has 3 heterocycles. The van der Waals surface area contributed by atoms with Crippen LogP contribution in [-0.4, -0.2) is 41.8 Å².